The number of aromatic hydroxyl groups is 2. The topological polar surface area (TPSA) is 64.0 Å². The Bertz CT molecular complexity index is 627. The molecule has 112 valence electrons. The Balaban J connectivity index is 2.44. The summed E-state index contributed by atoms with van der Waals surface area (Å²) in [7, 11) is 1.72. The molecule has 1 aliphatic heterocycles. The van der Waals surface area contributed by atoms with Gasteiger partial charge in [-0.3, -0.25) is 9.69 Å². The summed E-state index contributed by atoms with van der Waals surface area (Å²) in [4.78, 5) is 15.7. The van der Waals surface area contributed by atoms with Gasteiger partial charge in [0.05, 0.1) is 0 Å². The number of para-hydroxylation sites is 1. The molecule has 1 amide bonds. The average Bonchev–Trinajstić information content (AvgIpc) is 2.67. The van der Waals surface area contributed by atoms with E-state index in [1.54, 1.807) is 29.0 Å². The molecule has 0 aliphatic carbocycles. The second-order valence-electron chi connectivity index (χ2n) is 5.02. The molecule has 0 unspecified atom stereocenters. The van der Waals surface area contributed by atoms with Gasteiger partial charge in [-0.15, -0.1) is 0 Å². The van der Waals surface area contributed by atoms with Crippen LogP contribution in [0.3, 0.4) is 0 Å². The first kappa shape index (κ1) is 15.3. The fourth-order valence-corrected chi connectivity index (χ4v) is 2.52. The van der Waals surface area contributed by atoms with E-state index in [1.165, 1.54) is 12.1 Å². The SMILES string of the molecule is CC[C@@H](C)N1C(=O)/C(=C\c2cccc(O)c2O)N(C)C1=S. The van der Waals surface area contributed by atoms with E-state index in [0.29, 0.717) is 16.4 Å². The van der Waals surface area contributed by atoms with Crippen LogP contribution >= 0.6 is 12.2 Å². The second-order valence-corrected chi connectivity index (χ2v) is 5.38. The number of carbonyl (C=O) groups excluding carboxylic acids is 1. The van der Waals surface area contributed by atoms with Gasteiger partial charge in [0.15, 0.2) is 16.6 Å². The van der Waals surface area contributed by atoms with Gasteiger partial charge in [0, 0.05) is 18.7 Å². The van der Waals surface area contributed by atoms with Crippen molar-refractivity contribution >= 4 is 29.3 Å². The van der Waals surface area contributed by atoms with Crippen molar-refractivity contribution in [2.24, 2.45) is 0 Å². The molecule has 6 heteroatoms. The van der Waals surface area contributed by atoms with Crippen molar-refractivity contribution in [2.75, 3.05) is 7.05 Å². The molecule has 0 bridgehead atoms. The number of likely N-dealkylation sites (N-methyl/N-ethyl adjacent to an activating group) is 1. The van der Waals surface area contributed by atoms with Crippen LogP contribution in [0.2, 0.25) is 0 Å². The molecule has 21 heavy (non-hydrogen) atoms. The van der Waals surface area contributed by atoms with Crippen LogP contribution in [0.15, 0.2) is 23.9 Å². The molecule has 0 radical (unpaired) electrons. The first-order valence-corrected chi connectivity index (χ1v) is 7.13. The Morgan fingerprint density at radius 2 is 2.05 bits per heavy atom. The standard InChI is InChI=1S/C15H18N2O3S/c1-4-9(2)17-14(20)11(16(3)15(17)21)8-10-6-5-7-12(18)13(10)19/h5-9,18-19H,4H2,1-3H3/b11-8+/t9-/m1/s1. The van der Waals surface area contributed by atoms with E-state index >= 15 is 0 Å². The number of hydrogen-bond acceptors (Lipinski definition) is 4. The Morgan fingerprint density at radius 1 is 1.38 bits per heavy atom. The van der Waals surface area contributed by atoms with E-state index in [1.807, 2.05) is 13.8 Å². The average molecular weight is 306 g/mol. The van der Waals surface area contributed by atoms with Crippen molar-refractivity contribution in [1.29, 1.82) is 0 Å². The summed E-state index contributed by atoms with van der Waals surface area (Å²) in [6.45, 7) is 3.93. The number of phenols is 2. The van der Waals surface area contributed by atoms with Gasteiger partial charge in [0.2, 0.25) is 0 Å². The van der Waals surface area contributed by atoms with Crippen LogP contribution in [0.25, 0.3) is 6.08 Å². The van der Waals surface area contributed by atoms with Crippen LogP contribution in [0.4, 0.5) is 0 Å². The van der Waals surface area contributed by atoms with Gasteiger partial charge < -0.3 is 15.1 Å². The lowest BCUT2D eigenvalue weighted by Crippen LogP contribution is -2.38. The minimum atomic E-state index is -0.251. The summed E-state index contributed by atoms with van der Waals surface area (Å²) in [5, 5.41) is 19.8. The summed E-state index contributed by atoms with van der Waals surface area (Å²) >= 11 is 5.31. The predicted molar refractivity (Wildman–Crippen MR) is 84.7 cm³/mol. The molecule has 1 heterocycles. The highest BCUT2D eigenvalue weighted by molar-refractivity contribution is 7.80. The molecule has 1 fully saturated rings. The van der Waals surface area contributed by atoms with Crippen molar-refractivity contribution < 1.29 is 15.0 Å². The molecule has 5 nitrogen and oxygen atoms in total. The number of rotatable bonds is 3. The maximum atomic E-state index is 12.5. The van der Waals surface area contributed by atoms with Gasteiger partial charge in [-0.25, -0.2) is 0 Å². The molecule has 0 aromatic heterocycles. The summed E-state index contributed by atoms with van der Waals surface area (Å²) in [6, 6.07) is 4.62. The van der Waals surface area contributed by atoms with Crippen molar-refractivity contribution in [2.45, 2.75) is 26.3 Å². The maximum Gasteiger partial charge on any atom is 0.277 e. The van der Waals surface area contributed by atoms with E-state index in [2.05, 4.69) is 0 Å². The molecule has 0 saturated carbocycles. The lowest BCUT2D eigenvalue weighted by atomic mass is 10.1. The zero-order chi connectivity index (χ0) is 15.7. The molecule has 1 atom stereocenters. The summed E-state index contributed by atoms with van der Waals surface area (Å²) in [6.07, 6.45) is 2.33. The Morgan fingerprint density at radius 3 is 2.67 bits per heavy atom. The molecule has 2 N–H and O–H groups in total. The molecular weight excluding hydrogens is 288 g/mol. The first-order valence-electron chi connectivity index (χ1n) is 6.72. The summed E-state index contributed by atoms with van der Waals surface area (Å²) in [5.74, 6) is -0.669. The number of amides is 1. The van der Waals surface area contributed by atoms with Crippen LogP contribution in [-0.4, -0.2) is 44.1 Å². The van der Waals surface area contributed by atoms with Gasteiger partial charge in [-0.1, -0.05) is 19.1 Å². The van der Waals surface area contributed by atoms with E-state index in [-0.39, 0.29) is 23.4 Å². The lowest BCUT2D eigenvalue weighted by Gasteiger charge is -2.22. The van der Waals surface area contributed by atoms with E-state index < -0.39 is 0 Å². The van der Waals surface area contributed by atoms with Crippen LogP contribution < -0.4 is 0 Å². The first-order chi connectivity index (χ1) is 9.88. The molecule has 1 aliphatic rings. The third-order valence-electron chi connectivity index (χ3n) is 3.66. The Labute approximate surface area is 129 Å². The fraction of sp³-hybridized carbons (Fsp3) is 0.333. The van der Waals surface area contributed by atoms with Crippen LogP contribution in [-0.2, 0) is 4.79 Å². The molecular formula is C15H18N2O3S. The third kappa shape index (κ3) is 2.58. The number of thiocarbonyl (C=S) groups is 1. The number of phenolic OH excluding ortho intramolecular Hbond substituents is 2. The largest absolute Gasteiger partial charge is 0.504 e. The van der Waals surface area contributed by atoms with Crippen molar-refractivity contribution in [3.05, 3.63) is 29.5 Å². The van der Waals surface area contributed by atoms with Gasteiger partial charge in [0.25, 0.3) is 5.91 Å². The normalized spacial score (nSPS) is 18.7. The van der Waals surface area contributed by atoms with E-state index in [9.17, 15) is 15.0 Å². The molecule has 1 aromatic rings. The van der Waals surface area contributed by atoms with Crippen LogP contribution in [0.5, 0.6) is 11.5 Å². The number of carbonyl (C=O) groups is 1. The molecule has 0 spiro atoms. The van der Waals surface area contributed by atoms with Gasteiger partial charge >= 0.3 is 0 Å². The van der Waals surface area contributed by atoms with Crippen molar-refractivity contribution in [3.8, 4) is 11.5 Å². The highest BCUT2D eigenvalue weighted by Crippen LogP contribution is 2.32. The highest BCUT2D eigenvalue weighted by atomic mass is 32.1. The second kappa shape index (κ2) is 5.73. The van der Waals surface area contributed by atoms with Crippen LogP contribution in [0.1, 0.15) is 25.8 Å². The molecule has 1 saturated heterocycles. The van der Waals surface area contributed by atoms with Gasteiger partial charge in [-0.05, 0) is 37.7 Å². The lowest BCUT2D eigenvalue weighted by molar-refractivity contribution is -0.123. The minimum absolute atomic E-state index is 0.0103. The third-order valence-corrected chi connectivity index (χ3v) is 4.13. The van der Waals surface area contributed by atoms with Gasteiger partial charge in [-0.2, -0.15) is 0 Å². The molecule has 1 aromatic carbocycles. The minimum Gasteiger partial charge on any atom is -0.504 e. The van der Waals surface area contributed by atoms with Crippen LogP contribution in [0, 0.1) is 0 Å². The zero-order valence-electron chi connectivity index (χ0n) is 12.2. The van der Waals surface area contributed by atoms with Crippen molar-refractivity contribution in [3.63, 3.8) is 0 Å². The number of hydrogen-bond donors (Lipinski definition) is 2. The van der Waals surface area contributed by atoms with E-state index in [0.717, 1.165) is 6.42 Å². The number of benzene rings is 1. The Hall–Kier alpha value is -2.08. The summed E-state index contributed by atoms with van der Waals surface area (Å²) in [5.41, 5.74) is 0.750. The van der Waals surface area contributed by atoms with Gasteiger partial charge in [0.1, 0.15) is 5.70 Å². The monoisotopic (exact) mass is 306 g/mol. The molecule has 2 rings (SSSR count). The quantitative estimate of drug-likeness (QED) is 0.510. The smallest absolute Gasteiger partial charge is 0.277 e. The highest BCUT2D eigenvalue weighted by Gasteiger charge is 2.38. The predicted octanol–water partition coefficient (Wildman–Crippen LogP) is 2.30. The fourth-order valence-electron chi connectivity index (χ4n) is 2.16. The maximum absolute atomic E-state index is 12.5. The summed E-state index contributed by atoms with van der Waals surface area (Å²) < 4.78 is 0. The zero-order valence-corrected chi connectivity index (χ0v) is 13.0. The van der Waals surface area contributed by atoms with E-state index in [4.69, 9.17) is 12.2 Å². The van der Waals surface area contributed by atoms with Crippen molar-refractivity contribution in [1.82, 2.24) is 9.80 Å². The Kier molecular flexibility index (Phi) is 4.18. The number of nitrogens with zero attached hydrogens (tertiary/aromatic N) is 2.